The van der Waals surface area contributed by atoms with Crippen LogP contribution in [0.25, 0.3) is 0 Å². The first-order valence-electron chi connectivity index (χ1n) is 8.46. The van der Waals surface area contributed by atoms with E-state index < -0.39 is 26.8 Å². The lowest BCUT2D eigenvalue weighted by Crippen LogP contribution is -2.58. The number of rotatable bonds is 7. The Bertz CT molecular complexity index is 713. The van der Waals surface area contributed by atoms with Crippen molar-refractivity contribution >= 4 is 28.6 Å². The topological polar surface area (TPSA) is 84.9 Å². The van der Waals surface area contributed by atoms with Crippen LogP contribution in [-0.2, 0) is 19.6 Å². The second-order valence-corrected chi connectivity index (χ2v) is 8.99. The van der Waals surface area contributed by atoms with Crippen molar-refractivity contribution in [2.75, 3.05) is 33.9 Å². The standard InChI is InChI=1S/C17H26N2O5S2/c1-4-24-16(20)15(17(25)9-11-19(2)12-10-17)18-26(21,22)14-7-5-13(23-3)6-8-14/h5-8,15,18,25H,4,9-12H2,1-3H3. The fraction of sp³-hybridized carbons (Fsp3) is 0.588. The molecule has 2 rings (SSSR count). The number of sulfonamides is 1. The van der Waals surface area contributed by atoms with Crippen LogP contribution in [0.5, 0.6) is 5.75 Å². The maximum Gasteiger partial charge on any atom is 0.325 e. The van der Waals surface area contributed by atoms with E-state index in [2.05, 4.69) is 9.62 Å². The molecule has 1 saturated heterocycles. The number of benzene rings is 1. The highest BCUT2D eigenvalue weighted by Crippen LogP contribution is 2.33. The number of ether oxygens (including phenoxy) is 2. The van der Waals surface area contributed by atoms with E-state index in [4.69, 9.17) is 22.1 Å². The summed E-state index contributed by atoms with van der Waals surface area (Å²) in [4.78, 5) is 14.7. The molecule has 0 spiro atoms. The van der Waals surface area contributed by atoms with Gasteiger partial charge >= 0.3 is 5.97 Å². The maximum absolute atomic E-state index is 12.8. The van der Waals surface area contributed by atoms with E-state index in [0.29, 0.717) is 18.6 Å². The van der Waals surface area contributed by atoms with Gasteiger partial charge in [-0.05, 0) is 64.2 Å². The minimum atomic E-state index is -3.92. The predicted octanol–water partition coefficient (Wildman–Crippen LogP) is 1.30. The number of thiol groups is 1. The summed E-state index contributed by atoms with van der Waals surface area (Å²) < 4.78 is 37.5. The highest BCUT2D eigenvalue weighted by atomic mass is 32.2. The molecule has 0 radical (unpaired) electrons. The second kappa shape index (κ2) is 8.60. The van der Waals surface area contributed by atoms with Gasteiger partial charge in [0, 0.05) is 4.75 Å². The smallest absolute Gasteiger partial charge is 0.325 e. The molecule has 1 aliphatic rings. The number of carbonyl (C=O) groups is 1. The third kappa shape index (κ3) is 4.91. The summed E-state index contributed by atoms with van der Waals surface area (Å²) in [6, 6.07) is 4.92. The SMILES string of the molecule is CCOC(=O)C(NS(=O)(=O)c1ccc(OC)cc1)C1(S)CCN(C)CC1. The summed E-state index contributed by atoms with van der Waals surface area (Å²) in [5.41, 5.74) is 0. The molecule has 1 aliphatic heterocycles. The largest absolute Gasteiger partial charge is 0.497 e. The maximum atomic E-state index is 12.8. The molecule has 0 bridgehead atoms. The molecular formula is C17H26N2O5S2. The fourth-order valence-electron chi connectivity index (χ4n) is 2.88. The number of nitrogens with one attached hydrogen (secondary N) is 1. The molecule has 146 valence electrons. The normalized spacial score (nSPS) is 18.9. The summed E-state index contributed by atoms with van der Waals surface area (Å²) >= 11 is 4.70. The third-order valence-corrected chi connectivity index (χ3v) is 6.70. The average molecular weight is 403 g/mol. The summed E-state index contributed by atoms with van der Waals surface area (Å²) in [6.45, 7) is 3.31. The van der Waals surface area contributed by atoms with E-state index in [1.54, 1.807) is 19.1 Å². The van der Waals surface area contributed by atoms with E-state index in [0.717, 1.165) is 13.1 Å². The van der Waals surface area contributed by atoms with Gasteiger partial charge in [0.15, 0.2) is 0 Å². The molecule has 1 N–H and O–H groups in total. The molecule has 1 aromatic rings. The van der Waals surface area contributed by atoms with Crippen LogP contribution in [0, 0.1) is 0 Å². The van der Waals surface area contributed by atoms with Crippen molar-refractivity contribution in [3.8, 4) is 5.75 Å². The lowest BCUT2D eigenvalue weighted by molar-refractivity contribution is -0.146. The van der Waals surface area contributed by atoms with Crippen LogP contribution >= 0.6 is 12.6 Å². The number of nitrogens with zero attached hydrogens (tertiary/aromatic N) is 1. The first kappa shape index (κ1) is 21.0. The molecule has 0 aliphatic carbocycles. The Hall–Kier alpha value is -1.29. The van der Waals surface area contributed by atoms with Crippen molar-refractivity contribution in [1.29, 1.82) is 0 Å². The van der Waals surface area contributed by atoms with Gasteiger partial charge in [-0.25, -0.2) is 8.42 Å². The second-order valence-electron chi connectivity index (χ2n) is 6.39. The Kier molecular flexibility index (Phi) is 6.95. The minimum Gasteiger partial charge on any atom is -0.497 e. The van der Waals surface area contributed by atoms with Crippen molar-refractivity contribution in [2.24, 2.45) is 0 Å². The van der Waals surface area contributed by atoms with Gasteiger partial charge in [-0.15, -0.1) is 0 Å². The summed E-state index contributed by atoms with van der Waals surface area (Å²) in [6.07, 6.45) is 1.14. The molecular weight excluding hydrogens is 376 g/mol. The molecule has 1 heterocycles. The first-order valence-corrected chi connectivity index (χ1v) is 10.4. The van der Waals surface area contributed by atoms with Gasteiger partial charge in [0.05, 0.1) is 18.6 Å². The van der Waals surface area contributed by atoms with Gasteiger partial charge in [-0.3, -0.25) is 4.79 Å². The molecule has 9 heteroatoms. The Morgan fingerprint density at radius 3 is 2.38 bits per heavy atom. The van der Waals surface area contributed by atoms with Gasteiger partial charge in [-0.2, -0.15) is 17.4 Å². The van der Waals surface area contributed by atoms with Crippen LogP contribution in [0.2, 0.25) is 0 Å². The van der Waals surface area contributed by atoms with Crippen LogP contribution < -0.4 is 9.46 Å². The van der Waals surface area contributed by atoms with E-state index in [1.165, 1.54) is 19.2 Å². The highest BCUT2D eigenvalue weighted by molar-refractivity contribution is 7.89. The molecule has 1 unspecified atom stereocenters. The van der Waals surface area contributed by atoms with E-state index >= 15 is 0 Å². The molecule has 0 aromatic heterocycles. The Morgan fingerprint density at radius 2 is 1.88 bits per heavy atom. The van der Waals surface area contributed by atoms with E-state index in [1.807, 2.05) is 7.05 Å². The van der Waals surface area contributed by atoms with Gasteiger partial charge in [0.2, 0.25) is 10.0 Å². The van der Waals surface area contributed by atoms with Crippen LogP contribution in [0.3, 0.4) is 0 Å². The third-order valence-electron chi connectivity index (χ3n) is 4.56. The minimum absolute atomic E-state index is 0.0532. The molecule has 7 nitrogen and oxygen atoms in total. The number of methoxy groups -OCH3 is 1. The quantitative estimate of drug-likeness (QED) is 0.528. The van der Waals surface area contributed by atoms with Gasteiger partial charge in [0.1, 0.15) is 11.8 Å². The van der Waals surface area contributed by atoms with Crippen molar-refractivity contribution in [3.63, 3.8) is 0 Å². The zero-order chi connectivity index (χ0) is 19.4. The number of hydrogen-bond donors (Lipinski definition) is 2. The zero-order valence-electron chi connectivity index (χ0n) is 15.3. The van der Waals surface area contributed by atoms with E-state index in [-0.39, 0.29) is 11.5 Å². The van der Waals surface area contributed by atoms with Gasteiger partial charge in [0.25, 0.3) is 0 Å². The number of esters is 1. The monoisotopic (exact) mass is 402 g/mol. The lowest BCUT2D eigenvalue weighted by atomic mass is 9.89. The number of likely N-dealkylation sites (tertiary alicyclic amines) is 1. The van der Waals surface area contributed by atoms with Gasteiger partial charge < -0.3 is 14.4 Å². The lowest BCUT2D eigenvalue weighted by Gasteiger charge is -2.41. The van der Waals surface area contributed by atoms with Crippen LogP contribution in [0.4, 0.5) is 0 Å². The fourth-order valence-corrected chi connectivity index (χ4v) is 4.60. The van der Waals surface area contributed by atoms with E-state index in [9.17, 15) is 13.2 Å². The van der Waals surface area contributed by atoms with Crippen molar-refractivity contribution in [1.82, 2.24) is 9.62 Å². The van der Waals surface area contributed by atoms with Crippen LogP contribution in [0.15, 0.2) is 29.2 Å². The Morgan fingerprint density at radius 1 is 1.31 bits per heavy atom. The first-order chi connectivity index (χ1) is 12.2. The summed E-state index contributed by atoms with van der Waals surface area (Å²) in [5, 5.41) is 0. The zero-order valence-corrected chi connectivity index (χ0v) is 17.0. The van der Waals surface area contributed by atoms with Gasteiger partial charge in [-0.1, -0.05) is 0 Å². The molecule has 1 atom stereocenters. The number of hydrogen-bond acceptors (Lipinski definition) is 7. The Labute approximate surface area is 160 Å². The summed E-state index contributed by atoms with van der Waals surface area (Å²) in [5.74, 6) is -0.0592. The molecule has 1 aromatic carbocycles. The van der Waals surface area contributed by atoms with Crippen molar-refractivity contribution in [2.45, 2.75) is 35.4 Å². The highest BCUT2D eigenvalue weighted by Gasteiger charge is 2.45. The van der Waals surface area contributed by atoms with Crippen LogP contribution in [-0.4, -0.2) is 63.9 Å². The Balaban J connectivity index is 2.28. The average Bonchev–Trinajstić information content (AvgIpc) is 2.62. The van der Waals surface area contributed by atoms with Crippen molar-refractivity contribution in [3.05, 3.63) is 24.3 Å². The summed E-state index contributed by atoms with van der Waals surface area (Å²) in [7, 11) is -0.434. The predicted molar refractivity (Wildman–Crippen MR) is 102 cm³/mol. The number of piperidine rings is 1. The molecule has 0 saturated carbocycles. The number of carbonyl (C=O) groups excluding carboxylic acids is 1. The molecule has 26 heavy (non-hydrogen) atoms. The molecule has 0 amide bonds. The van der Waals surface area contributed by atoms with Crippen molar-refractivity contribution < 1.29 is 22.7 Å². The van der Waals surface area contributed by atoms with Crippen LogP contribution in [0.1, 0.15) is 19.8 Å². The molecule has 1 fully saturated rings.